The quantitative estimate of drug-likeness (QED) is 0.275. The molecule has 11 heavy (non-hydrogen) atoms. The van der Waals surface area contributed by atoms with E-state index >= 15 is 0 Å². The van der Waals surface area contributed by atoms with Crippen LogP contribution in [0.25, 0.3) is 10.4 Å². The lowest BCUT2D eigenvalue weighted by molar-refractivity contribution is 1.48. The number of nitrogens with two attached hydrogens (primary N) is 2. The molecule has 0 bridgehead atoms. The van der Waals surface area contributed by atoms with Crippen molar-refractivity contribution in [3.63, 3.8) is 0 Å². The molecule has 0 saturated heterocycles. The van der Waals surface area contributed by atoms with Gasteiger partial charge in [-0.3, -0.25) is 0 Å². The van der Waals surface area contributed by atoms with E-state index in [1.165, 1.54) is 6.07 Å². The van der Waals surface area contributed by atoms with Gasteiger partial charge >= 0.3 is 0 Å². The molecule has 1 aromatic carbocycles. The zero-order valence-electron chi connectivity index (χ0n) is 5.73. The van der Waals surface area contributed by atoms with Crippen molar-refractivity contribution in [1.29, 1.82) is 0 Å². The summed E-state index contributed by atoms with van der Waals surface area (Å²) in [5, 5.41) is 3.35. The van der Waals surface area contributed by atoms with Crippen LogP contribution in [-0.4, -0.2) is 0 Å². The van der Waals surface area contributed by atoms with Crippen LogP contribution in [0.3, 0.4) is 0 Å². The van der Waals surface area contributed by atoms with Crippen LogP contribution in [-0.2, 0) is 0 Å². The third-order valence-electron chi connectivity index (χ3n) is 1.23. The molecule has 5 nitrogen and oxygen atoms in total. The number of nitrogens with zero attached hydrogens (tertiary/aromatic N) is 3. The smallest absolute Gasteiger partial charge is 0.0552 e. The minimum atomic E-state index is 0.426. The van der Waals surface area contributed by atoms with Crippen molar-refractivity contribution in [2.45, 2.75) is 0 Å². The average molecular weight is 149 g/mol. The predicted octanol–water partition coefficient (Wildman–Crippen LogP) is 1.79. The van der Waals surface area contributed by atoms with E-state index in [1.807, 2.05) is 0 Å². The first-order valence-electron chi connectivity index (χ1n) is 2.94. The highest BCUT2D eigenvalue weighted by atomic mass is 15.1. The predicted molar refractivity (Wildman–Crippen MR) is 44.1 cm³/mol. The largest absolute Gasteiger partial charge is 0.397 e. The van der Waals surface area contributed by atoms with Crippen LogP contribution >= 0.6 is 0 Å². The molecule has 0 aliphatic carbocycles. The van der Waals surface area contributed by atoms with E-state index < -0.39 is 0 Å². The Hall–Kier alpha value is -1.87. The minimum Gasteiger partial charge on any atom is -0.397 e. The summed E-state index contributed by atoms with van der Waals surface area (Å²) in [7, 11) is 0. The van der Waals surface area contributed by atoms with Gasteiger partial charge in [0.05, 0.1) is 11.4 Å². The molecule has 56 valence electrons. The Morgan fingerprint density at radius 2 is 2.00 bits per heavy atom. The molecule has 0 spiro atoms. The fourth-order valence-corrected chi connectivity index (χ4v) is 0.676. The zero-order chi connectivity index (χ0) is 8.27. The van der Waals surface area contributed by atoms with Gasteiger partial charge < -0.3 is 11.5 Å². The molecular weight excluding hydrogens is 142 g/mol. The summed E-state index contributed by atoms with van der Waals surface area (Å²) in [4.78, 5) is 2.61. The van der Waals surface area contributed by atoms with Crippen LogP contribution in [0.1, 0.15) is 0 Å². The molecule has 0 radical (unpaired) electrons. The van der Waals surface area contributed by atoms with Crippen LogP contribution in [0.4, 0.5) is 17.1 Å². The summed E-state index contributed by atoms with van der Waals surface area (Å²) in [6.45, 7) is 0. The summed E-state index contributed by atoms with van der Waals surface area (Å²) in [6, 6.07) is 4.72. The van der Waals surface area contributed by atoms with Crippen molar-refractivity contribution in [2.75, 3.05) is 11.5 Å². The molecule has 0 fully saturated rings. The van der Waals surface area contributed by atoms with Gasteiger partial charge in [-0.2, -0.15) is 0 Å². The summed E-state index contributed by atoms with van der Waals surface area (Å²) >= 11 is 0. The van der Waals surface area contributed by atoms with Crippen LogP contribution in [0.2, 0.25) is 0 Å². The average Bonchev–Trinajstić information content (AvgIpc) is 1.98. The lowest BCUT2D eigenvalue weighted by Crippen LogP contribution is -1.92. The van der Waals surface area contributed by atoms with Gasteiger partial charge in [0, 0.05) is 10.6 Å². The van der Waals surface area contributed by atoms with Gasteiger partial charge in [0.2, 0.25) is 0 Å². The number of rotatable bonds is 1. The van der Waals surface area contributed by atoms with Gasteiger partial charge in [-0.05, 0) is 17.7 Å². The van der Waals surface area contributed by atoms with E-state index in [4.69, 9.17) is 17.0 Å². The second-order valence-electron chi connectivity index (χ2n) is 2.00. The standard InChI is InChI=1S/C6H7N5/c7-5-2-1-4(10-11-9)3-6(5)8/h1-3H,7-8H2. The Kier molecular flexibility index (Phi) is 1.85. The number of anilines is 2. The SMILES string of the molecule is [N-]=[N+]=Nc1ccc(N)c(N)c1. The maximum absolute atomic E-state index is 8.07. The van der Waals surface area contributed by atoms with Gasteiger partial charge in [-0.1, -0.05) is 11.2 Å². The molecule has 4 N–H and O–H groups in total. The normalized spacial score (nSPS) is 8.73. The first-order valence-corrected chi connectivity index (χ1v) is 2.94. The Balaban J connectivity index is 3.14. The molecular formula is C6H7N5. The van der Waals surface area contributed by atoms with Crippen molar-refractivity contribution < 1.29 is 0 Å². The number of benzene rings is 1. The van der Waals surface area contributed by atoms with Crippen LogP contribution < -0.4 is 11.5 Å². The van der Waals surface area contributed by atoms with E-state index in [9.17, 15) is 0 Å². The molecule has 0 saturated carbocycles. The van der Waals surface area contributed by atoms with Gasteiger partial charge in [-0.15, -0.1) is 0 Å². The highest BCUT2D eigenvalue weighted by Gasteiger charge is 1.93. The number of hydrogen-bond donors (Lipinski definition) is 2. The lowest BCUT2D eigenvalue weighted by atomic mass is 10.2. The summed E-state index contributed by atoms with van der Waals surface area (Å²) in [5.41, 5.74) is 20.3. The first kappa shape index (κ1) is 7.24. The first-order chi connectivity index (χ1) is 5.24. The second kappa shape index (κ2) is 2.81. The Labute approximate surface area is 63.2 Å². The highest BCUT2D eigenvalue weighted by molar-refractivity contribution is 5.67. The van der Waals surface area contributed by atoms with E-state index in [0.717, 1.165) is 0 Å². The molecule has 1 aromatic rings. The van der Waals surface area contributed by atoms with Crippen molar-refractivity contribution >= 4 is 17.1 Å². The van der Waals surface area contributed by atoms with Crippen molar-refractivity contribution in [1.82, 2.24) is 0 Å². The van der Waals surface area contributed by atoms with Crippen LogP contribution in [0.15, 0.2) is 23.3 Å². The fourth-order valence-electron chi connectivity index (χ4n) is 0.676. The molecule has 0 unspecified atom stereocenters. The molecule has 1 rings (SSSR count). The van der Waals surface area contributed by atoms with Gasteiger partial charge in [0.1, 0.15) is 0 Å². The van der Waals surface area contributed by atoms with E-state index in [-0.39, 0.29) is 0 Å². The number of hydrogen-bond acceptors (Lipinski definition) is 3. The van der Waals surface area contributed by atoms with E-state index in [0.29, 0.717) is 17.1 Å². The van der Waals surface area contributed by atoms with Gasteiger partial charge in [-0.25, -0.2) is 0 Å². The Morgan fingerprint density at radius 3 is 2.55 bits per heavy atom. The van der Waals surface area contributed by atoms with Crippen LogP contribution in [0, 0.1) is 0 Å². The molecule has 0 aromatic heterocycles. The van der Waals surface area contributed by atoms with Gasteiger partial charge in [0.25, 0.3) is 0 Å². The van der Waals surface area contributed by atoms with Crippen molar-refractivity contribution in [2.24, 2.45) is 5.11 Å². The summed E-state index contributed by atoms with van der Waals surface area (Å²) in [5.74, 6) is 0. The topological polar surface area (TPSA) is 101 Å². The van der Waals surface area contributed by atoms with Crippen molar-refractivity contribution in [3.05, 3.63) is 28.6 Å². The second-order valence-corrected chi connectivity index (χ2v) is 2.00. The van der Waals surface area contributed by atoms with E-state index in [2.05, 4.69) is 10.0 Å². The molecule has 0 aliphatic rings. The summed E-state index contributed by atoms with van der Waals surface area (Å²) in [6.07, 6.45) is 0. The number of azide groups is 1. The molecule has 5 heteroatoms. The number of nitrogen functional groups attached to an aromatic ring is 2. The summed E-state index contributed by atoms with van der Waals surface area (Å²) < 4.78 is 0. The zero-order valence-corrected chi connectivity index (χ0v) is 5.73. The van der Waals surface area contributed by atoms with E-state index in [1.54, 1.807) is 12.1 Å². The molecule has 0 heterocycles. The molecule has 0 amide bonds. The highest BCUT2D eigenvalue weighted by Crippen LogP contribution is 2.21. The van der Waals surface area contributed by atoms with Crippen LogP contribution in [0.5, 0.6) is 0 Å². The fraction of sp³-hybridized carbons (Fsp3) is 0. The third kappa shape index (κ3) is 1.53. The lowest BCUT2D eigenvalue weighted by Gasteiger charge is -1.98. The molecule has 0 atom stereocenters. The van der Waals surface area contributed by atoms with Crippen molar-refractivity contribution in [3.8, 4) is 0 Å². The third-order valence-corrected chi connectivity index (χ3v) is 1.23. The maximum atomic E-state index is 8.07. The Morgan fingerprint density at radius 1 is 1.27 bits per heavy atom. The molecule has 0 aliphatic heterocycles. The Bertz CT molecular complexity index is 313. The minimum absolute atomic E-state index is 0.426. The maximum Gasteiger partial charge on any atom is 0.0552 e. The van der Waals surface area contributed by atoms with Gasteiger partial charge in [0.15, 0.2) is 0 Å². The monoisotopic (exact) mass is 149 g/mol.